The molecule has 0 saturated heterocycles. The summed E-state index contributed by atoms with van der Waals surface area (Å²) in [6.45, 7) is 0. The standard InChI is InChI=1S/C23H17N3OS/c27-23-25-20(15-9-3-1-4-10-15)19(21(26-23)16-11-5-2-6-12-16)22-24-17-13-7-8-14-18(17)28-22/h1-14,20H,(H2,25,26,27)/t20-/m1/s1. The van der Waals surface area contributed by atoms with Crippen molar-refractivity contribution < 1.29 is 4.79 Å². The number of thiazole rings is 1. The summed E-state index contributed by atoms with van der Waals surface area (Å²) in [5.74, 6) is 0. The number of hydrogen-bond acceptors (Lipinski definition) is 3. The number of nitrogens with zero attached hydrogens (tertiary/aromatic N) is 1. The molecule has 3 aromatic carbocycles. The van der Waals surface area contributed by atoms with Crippen molar-refractivity contribution in [2.75, 3.05) is 0 Å². The summed E-state index contributed by atoms with van der Waals surface area (Å²) in [4.78, 5) is 17.4. The van der Waals surface area contributed by atoms with Gasteiger partial charge in [0.25, 0.3) is 0 Å². The number of nitrogens with one attached hydrogen (secondary N) is 2. The molecule has 0 aliphatic carbocycles. The summed E-state index contributed by atoms with van der Waals surface area (Å²) in [7, 11) is 0. The lowest BCUT2D eigenvalue weighted by atomic mass is 9.93. The first-order chi connectivity index (χ1) is 13.8. The summed E-state index contributed by atoms with van der Waals surface area (Å²) in [6, 6.07) is 27.6. The van der Waals surface area contributed by atoms with E-state index in [1.54, 1.807) is 11.3 Å². The summed E-state index contributed by atoms with van der Waals surface area (Å²) in [6.07, 6.45) is 0. The van der Waals surface area contributed by atoms with Gasteiger partial charge in [0.05, 0.1) is 22.0 Å². The minimum Gasteiger partial charge on any atom is -0.327 e. The van der Waals surface area contributed by atoms with Crippen molar-refractivity contribution in [2.24, 2.45) is 0 Å². The molecule has 0 bridgehead atoms. The monoisotopic (exact) mass is 383 g/mol. The smallest absolute Gasteiger partial charge is 0.320 e. The van der Waals surface area contributed by atoms with Crippen LogP contribution >= 0.6 is 11.3 Å². The topological polar surface area (TPSA) is 54.0 Å². The normalized spacial score (nSPS) is 16.7. The first-order valence-corrected chi connectivity index (χ1v) is 9.89. The van der Waals surface area contributed by atoms with E-state index in [9.17, 15) is 4.79 Å². The number of carbonyl (C=O) groups excluding carboxylic acids is 1. The van der Waals surface area contributed by atoms with Gasteiger partial charge in [-0.2, -0.15) is 0 Å². The Bertz CT molecular complexity index is 1150. The second-order valence-electron chi connectivity index (χ2n) is 6.58. The number of amides is 2. The van der Waals surface area contributed by atoms with Crippen molar-refractivity contribution in [3.8, 4) is 0 Å². The SMILES string of the molecule is O=C1NC(c2ccccc2)=C(c2nc3ccccc3s2)[C@@H](c2ccccc2)N1. The van der Waals surface area contributed by atoms with Crippen LogP contribution in [-0.2, 0) is 0 Å². The Hall–Kier alpha value is -3.44. The molecule has 0 radical (unpaired) electrons. The number of rotatable bonds is 3. The minimum absolute atomic E-state index is 0.211. The Kier molecular flexibility index (Phi) is 4.14. The molecule has 5 heteroatoms. The third-order valence-electron chi connectivity index (χ3n) is 4.79. The summed E-state index contributed by atoms with van der Waals surface area (Å²) in [5, 5.41) is 7.01. The van der Waals surface area contributed by atoms with Gasteiger partial charge in [-0.1, -0.05) is 72.8 Å². The predicted molar refractivity (Wildman–Crippen MR) is 114 cm³/mol. The van der Waals surface area contributed by atoms with Gasteiger partial charge in [-0.15, -0.1) is 11.3 Å². The lowest BCUT2D eigenvalue weighted by molar-refractivity contribution is 0.242. The van der Waals surface area contributed by atoms with Crippen LogP contribution in [0, 0.1) is 0 Å². The van der Waals surface area contributed by atoms with Gasteiger partial charge < -0.3 is 10.6 Å². The molecule has 4 aromatic rings. The van der Waals surface area contributed by atoms with Crippen LogP contribution < -0.4 is 10.6 Å². The van der Waals surface area contributed by atoms with Crippen LogP contribution in [0.1, 0.15) is 22.2 Å². The molecule has 0 unspecified atom stereocenters. The molecular weight excluding hydrogens is 366 g/mol. The molecule has 4 nitrogen and oxygen atoms in total. The van der Waals surface area contributed by atoms with Gasteiger partial charge in [0.2, 0.25) is 0 Å². The number of hydrogen-bond donors (Lipinski definition) is 2. The second kappa shape index (κ2) is 6.94. The van der Waals surface area contributed by atoms with Gasteiger partial charge >= 0.3 is 6.03 Å². The van der Waals surface area contributed by atoms with Gasteiger partial charge in [0.15, 0.2) is 0 Å². The van der Waals surface area contributed by atoms with Crippen LogP contribution in [0.2, 0.25) is 0 Å². The number of benzene rings is 3. The zero-order valence-corrected chi connectivity index (χ0v) is 15.7. The van der Waals surface area contributed by atoms with Crippen LogP contribution in [0.5, 0.6) is 0 Å². The maximum absolute atomic E-state index is 12.5. The van der Waals surface area contributed by atoms with E-state index in [-0.39, 0.29) is 12.1 Å². The Labute approximate surface area is 166 Å². The molecular formula is C23H17N3OS. The Morgan fingerprint density at radius 3 is 2.25 bits per heavy atom. The first-order valence-electron chi connectivity index (χ1n) is 9.07. The van der Waals surface area contributed by atoms with Crippen LogP contribution in [0.3, 0.4) is 0 Å². The molecule has 2 N–H and O–H groups in total. The number of aromatic nitrogens is 1. The van der Waals surface area contributed by atoms with E-state index in [0.717, 1.165) is 37.6 Å². The molecule has 0 saturated carbocycles. The van der Waals surface area contributed by atoms with Gasteiger partial charge in [-0.05, 0) is 23.3 Å². The molecule has 0 fully saturated rings. The molecule has 1 aromatic heterocycles. The molecule has 1 aliphatic heterocycles. The zero-order valence-electron chi connectivity index (χ0n) is 14.9. The average Bonchev–Trinajstić information content (AvgIpc) is 3.18. The van der Waals surface area contributed by atoms with Crippen LogP contribution in [-0.4, -0.2) is 11.0 Å². The van der Waals surface area contributed by atoms with Crippen LogP contribution in [0.4, 0.5) is 4.79 Å². The highest BCUT2D eigenvalue weighted by Gasteiger charge is 2.31. The molecule has 5 rings (SSSR count). The van der Waals surface area contributed by atoms with Crippen molar-refractivity contribution in [1.29, 1.82) is 0 Å². The van der Waals surface area contributed by atoms with Gasteiger partial charge in [-0.3, -0.25) is 0 Å². The number of fused-ring (bicyclic) bond motifs is 1. The van der Waals surface area contributed by atoms with Gasteiger partial charge in [0.1, 0.15) is 5.01 Å². The maximum Gasteiger partial charge on any atom is 0.320 e. The largest absolute Gasteiger partial charge is 0.327 e. The highest BCUT2D eigenvalue weighted by atomic mass is 32.1. The third-order valence-corrected chi connectivity index (χ3v) is 5.86. The summed E-state index contributed by atoms with van der Waals surface area (Å²) >= 11 is 1.64. The fraction of sp³-hybridized carbons (Fsp3) is 0.0435. The Morgan fingerprint density at radius 2 is 1.50 bits per heavy atom. The molecule has 2 heterocycles. The van der Waals surface area contributed by atoms with E-state index in [4.69, 9.17) is 4.98 Å². The van der Waals surface area contributed by atoms with Crippen molar-refractivity contribution in [2.45, 2.75) is 6.04 Å². The molecule has 0 spiro atoms. The Morgan fingerprint density at radius 1 is 0.821 bits per heavy atom. The van der Waals surface area contributed by atoms with Crippen molar-refractivity contribution in [3.63, 3.8) is 0 Å². The lowest BCUT2D eigenvalue weighted by Crippen LogP contribution is -2.42. The van der Waals surface area contributed by atoms with E-state index in [2.05, 4.69) is 16.7 Å². The molecule has 28 heavy (non-hydrogen) atoms. The van der Waals surface area contributed by atoms with Crippen molar-refractivity contribution >= 4 is 38.9 Å². The quantitative estimate of drug-likeness (QED) is 0.510. The van der Waals surface area contributed by atoms with E-state index in [0.29, 0.717) is 0 Å². The molecule has 1 aliphatic rings. The number of carbonyl (C=O) groups is 1. The van der Waals surface area contributed by atoms with Crippen LogP contribution in [0.15, 0.2) is 84.9 Å². The van der Waals surface area contributed by atoms with E-state index in [1.165, 1.54) is 0 Å². The van der Waals surface area contributed by atoms with Gasteiger partial charge in [0, 0.05) is 5.57 Å². The maximum atomic E-state index is 12.5. The third kappa shape index (κ3) is 2.96. The number of para-hydroxylation sites is 1. The predicted octanol–water partition coefficient (Wildman–Crippen LogP) is 5.22. The molecule has 1 atom stereocenters. The highest BCUT2D eigenvalue weighted by molar-refractivity contribution is 7.19. The zero-order chi connectivity index (χ0) is 18.9. The summed E-state index contributed by atoms with van der Waals surface area (Å²) in [5.41, 5.74) is 4.74. The van der Waals surface area contributed by atoms with E-state index in [1.807, 2.05) is 78.9 Å². The molecule has 2 amide bonds. The summed E-state index contributed by atoms with van der Waals surface area (Å²) < 4.78 is 1.13. The fourth-order valence-electron chi connectivity index (χ4n) is 3.51. The highest BCUT2D eigenvalue weighted by Crippen LogP contribution is 2.40. The minimum atomic E-state index is -0.272. The second-order valence-corrected chi connectivity index (χ2v) is 7.61. The Balaban J connectivity index is 1.78. The number of urea groups is 1. The van der Waals surface area contributed by atoms with Crippen LogP contribution in [0.25, 0.3) is 21.5 Å². The lowest BCUT2D eigenvalue weighted by Gasteiger charge is -2.30. The van der Waals surface area contributed by atoms with E-state index < -0.39 is 0 Å². The average molecular weight is 383 g/mol. The van der Waals surface area contributed by atoms with E-state index >= 15 is 0 Å². The first kappa shape index (κ1) is 16.7. The van der Waals surface area contributed by atoms with Gasteiger partial charge in [-0.25, -0.2) is 9.78 Å². The van der Waals surface area contributed by atoms with Crippen molar-refractivity contribution in [1.82, 2.24) is 15.6 Å². The molecule has 136 valence electrons. The van der Waals surface area contributed by atoms with Crippen molar-refractivity contribution in [3.05, 3.63) is 101 Å². The fourth-order valence-corrected chi connectivity index (χ4v) is 4.56.